The molecule has 2 rings (SSSR count). The lowest BCUT2D eigenvalue weighted by atomic mass is 10.1. The smallest absolute Gasteiger partial charge is 0.228 e. The molecular weight excluding hydrogens is 309 g/mol. The number of aliphatic imine (C=N–C) groups is 1. The maximum atomic E-state index is 12.9. The number of hydrogen-bond donors (Lipinski definition) is 2. The number of nitrogens with zero attached hydrogens (tertiary/aromatic N) is 3. The van der Waals surface area contributed by atoms with E-state index in [0.29, 0.717) is 31.4 Å². The van der Waals surface area contributed by atoms with E-state index in [4.69, 9.17) is 4.52 Å². The van der Waals surface area contributed by atoms with Crippen LogP contribution in [0.15, 0.2) is 33.8 Å². The fourth-order valence-electron chi connectivity index (χ4n) is 2.09. The molecule has 0 atom stereocenters. The fraction of sp³-hybridized carbons (Fsp3) is 0.471. The van der Waals surface area contributed by atoms with Gasteiger partial charge in [-0.15, -0.1) is 0 Å². The lowest BCUT2D eigenvalue weighted by Gasteiger charge is -2.11. The number of benzene rings is 1. The molecule has 0 fully saturated rings. The topological polar surface area (TPSA) is 75.3 Å². The van der Waals surface area contributed by atoms with Gasteiger partial charge in [0.15, 0.2) is 11.8 Å². The third kappa shape index (κ3) is 5.64. The Kier molecular flexibility index (Phi) is 6.72. The van der Waals surface area contributed by atoms with E-state index in [1.807, 2.05) is 13.8 Å². The van der Waals surface area contributed by atoms with E-state index in [9.17, 15) is 4.39 Å². The van der Waals surface area contributed by atoms with E-state index in [1.165, 1.54) is 12.1 Å². The summed E-state index contributed by atoms with van der Waals surface area (Å²) >= 11 is 0. The second-order valence-electron chi connectivity index (χ2n) is 5.75. The van der Waals surface area contributed by atoms with E-state index in [2.05, 4.69) is 25.8 Å². The van der Waals surface area contributed by atoms with Crippen molar-refractivity contribution >= 4 is 5.96 Å². The highest BCUT2D eigenvalue weighted by molar-refractivity contribution is 5.79. The normalized spacial score (nSPS) is 11.8. The molecule has 1 aromatic heterocycles. The summed E-state index contributed by atoms with van der Waals surface area (Å²) < 4.78 is 18.1. The second kappa shape index (κ2) is 9.00. The minimum Gasteiger partial charge on any atom is -0.356 e. The zero-order chi connectivity index (χ0) is 17.4. The van der Waals surface area contributed by atoms with Crippen LogP contribution in [0.5, 0.6) is 0 Å². The maximum absolute atomic E-state index is 12.9. The predicted octanol–water partition coefficient (Wildman–Crippen LogP) is 2.28. The average Bonchev–Trinajstić information content (AvgIpc) is 3.04. The Bertz CT molecular complexity index is 651. The summed E-state index contributed by atoms with van der Waals surface area (Å²) in [6, 6.07) is 6.51. The van der Waals surface area contributed by atoms with Crippen molar-refractivity contribution in [1.29, 1.82) is 0 Å². The number of hydrogen-bond acceptors (Lipinski definition) is 4. The Labute approximate surface area is 141 Å². The molecule has 0 unspecified atom stereocenters. The maximum Gasteiger partial charge on any atom is 0.228 e. The summed E-state index contributed by atoms with van der Waals surface area (Å²) in [6.45, 7) is 5.42. The fourth-order valence-corrected chi connectivity index (χ4v) is 2.09. The van der Waals surface area contributed by atoms with E-state index >= 15 is 0 Å². The molecule has 24 heavy (non-hydrogen) atoms. The van der Waals surface area contributed by atoms with Gasteiger partial charge < -0.3 is 15.2 Å². The predicted molar refractivity (Wildman–Crippen MR) is 91.6 cm³/mol. The van der Waals surface area contributed by atoms with Gasteiger partial charge >= 0.3 is 0 Å². The Balaban J connectivity index is 1.69. The number of aromatic nitrogens is 2. The zero-order valence-electron chi connectivity index (χ0n) is 14.3. The molecule has 6 nitrogen and oxygen atoms in total. The van der Waals surface area contributed by atoms with E-state index in [0.717, 1.165) is 17.8 Å². The van der Waals surface area contributed by atoms with Crippen LogP contribution in [-0.4, -0.2) is 36.2 Å². The van der Waals surface area contributed by atoms with Crippen molar-refractivity contribution in [2.75, 3.05) is 20.1 Å². The summed E-state index contributed by atoms with van der Waals surface area (Å²) in [7, 11) is 1.72. The molecule has 130 valence electrons. The minimum absolute atomic E-state index is 0.217. The van der Waals surface area contributed by atoms with Crippen molar-refractivity contribution < 1.29 is 8.91 Å². The zero-order valence-corrected chi connectivity index (χ0v) is 14.3. The van der Waals surface area contributed by atoms with Crippen molar-refractivity contribution in [2.45, 2.75) is 32.6 Å². The van der Waals surface area contributed by atoms with Gasteiger partial charge in [-0.3, -0.25) is 4.99 Å². The van der Waals surface area contributed by atoms with Gasteiger partial charge in [-0.05, 0) is 24.1 Å². The average molecular weight is 333 g/mol. The third-order valence-corrected chi connectivity index (χ3v) is 3.47. The van der Waals surface area contributed by atoms with Gasteiger partial charge in [0.2, 0.25) is 5.89 Å². The molecule has 2 aromatic rings. The molecule has 7 heteroatoms. The number of guanidine groups is 1. The first kappa shape index (κ1) is 17.9. The lowest BCUT2D eigenvalue weighted by molar-refractivity contribution is 0.371. The summed E-state index contributed by atoms with van der Waals surface area (Å²) in [5.41, 5.74) is 1.08. The van der Waals surface area contributed by atoms with Crippen LogP contribution in [-0.2, 0) is 12.8 Å². The molecule has 0 spiro atoms. The Morgan fingerprint density at radius 2 is 1.83 bits per heavy atom. The first-order valence-electron chi connectivity index (χ1n) is 8.10. The molecule has 0 aliphatic carbocycles. The summed E-state index contributed by atoms with van der Waals surface area (Å²) in [6.07, 6.45) is 1.43. The number of rotatable bonds is 7. The molecule has 2 N–H and O–H groups in total. The second-order valence-corrected chi connectivity index (χ2v) is 5.75. The van der Waals surface area contributed by atoms with Gasteiger partial charge in [-0.1, -0.05) is 31.1 Å². The van der Waals surface area contributed by atoms with Crippen LogP contribution < -0.4 is 10.6 Å². The SMILES string of the molecule is CN=C(NCCc1ccc(F)cc1)NCCc1nc(C(C)C)no1. The van der Waals surface area contributed by atoms with Gasteiger partial charge in [0, 0.05) is 32.5 Å². The van der Waals surface area contributed by atoms with E-state index in [-0.39, 0.29) is 11.7 Å². The molecule has 0 aliphatic rings. The standard InChI is InChI=1S/C17H24FN5O/c1-12(2)16-22-15(24-23-16)9-11-21-17(19-3)20-10-8-13-4-6-14(18)7-5-13/h4-7,12H,8-11H2,1-3H3,(H2,19,20,21). The van der Waals surface area contributed by atoms with Gasteiger partial charge in [0.05, 0.1) is 0 Å². The number of halogens is 1. The Hall–Kier alpha value is -2.44. The third-order valence-electron chi connectivity index (χ3n) is 3.47. The highest BCUT2D eigenvalue weighted by atomic mass is 19.1. The van der Waals surface area contributed by atoms with Gasteiger partial charge in [-0.2, -0.15) is 4.98 Å². The molecule has 0 bridgehead atoms. The van der Waals surface area contributed by atoms with Crippen molar-refractivity contribution in [1.82, 2.24) is 20.8 Å². The first-order valence-corrected chi connectivity index (χ1v) is 8.10. The summed E-state index contributed by atoms with van der Waals surface area (Å²) in [4.78, 5) is 8.50. The van der Waals surface area contributed by atoms with Crippen LogP contribution in [0.1, 0.15) is 37.0 Å². The summed E-state index contributed by atoms with van der Waals surface area (Å²) in [5, 5.41) is 10.4. The van der Waals surface area contributed by atoms with Gasteiger partial charge in [-0.25, -0.2) is 4.39 Å². The molecule has 1 aromatic carbocycles. The largest absolute Gasteiger partial charge is 0.356 e. The minimum atomic E-state index is -0.217. The highest BCUT2D eigenvalue weighted by Crippen LogP contribution is 2.09. The van der Waals surface area contributed by atoms with E-state index < -0.39 is 0 Å². The summed E-state index contributed by atoms with van der Waals surface area (Å²) in [5.74, 6) is 2.10. The quantitative estimate of drug-likeness (QED) is 0.600. The van der Waals surface area contributed by atoms with Crippen molar-refractivity contribution in [2.24, 2.45) is 4.99 Å². The van der Waals surface area contributed by atoms with Crippen LogP contribution in [0.25, 0.3) is 0 Å². The van der Waals surface area contributed by atoms with Gasteiger partial charge in [0.1, 0.15) is 5.82 Å². The Morgan fingerprint density at radius 1 is 1.17 bits per heavy atom. The number of nitrogens with one attached hydrogen (secondary N) is 2. The molecule has 0 aliphatic heterocycles. The molecule has 0 saturated heterocycles. The lowest BCUT2D eigenvalue weighted by Crippen LogP contribution is -2.39. The highest BCUT2D eigenvalue weighted by Gasteiger charge is 2.09. The molecule has 0 amide bonds. The molecular formula is C17H24FN5O. The Morgan fingerprint density at radius 3 is 2.42 bits per heavy atom. The van der Waals surface area contributed by atoms with E-state index in [1.54, 1.807) is 19.2 Å². The van der Waals surface area contributed by atoms with Crippen LogP contribution in [0.4, 0.5) is 4.39 Å². The van der Waals surface area contributed by atoms with Crippen LogP contribution >= 0.6 is 0 Å². The van der Waals surface area contributed by atoms with Gasteiger partial charge in [0.25, 0.3) is 0 Å². The molecule has 0 radical (unpaired) electrons. The van der Waals surface area contributed by atoms with Crippen molar-refractivity contribution in [3.63, 3.8) is 0 Å². The van der Waals surface area contributed by atoms with Crippen LogP contribution in [0.2, 0.25) is 0 Å². The first-order chi connectivity index (χ1) is 11.6. The monoisotopic (exact) mass is 333 g/mol. The van der Waals surface area contributed by atoms with Crippen LogP contribution in [0.3, 0.4) is 0 Å². The molecule has 1 heterocycles. The van der Waals surface area contributed by atoms with Crippen molar-refractivity contribution in [3.05, 3.63) is 47.4 Å². The van der Waals surface area contributed by atoms with Crippen LogP contribution in [0, 0.1) is 5.82 Å². The van der Waals surface area contributed by atoms with Crippen molar-refractivity contribution in [3.8, 4) is 0 Å². The molecule has 0 saturated carbocycles.